The summed E-state index contributed by atoms with van der Waals surface area (Å²) in [6.07, 6.45) is 5.45. The van der Waals surface area contributed by atoms with Crippen LogP contribution in [0.15, 0.2) is 12.2 Å². The molecule has 0 aromatic carbocycles. The van der Waals surface area contributed by atoms with Crippen LogP contribution in [-0.4, -0.2) is 23.8 Å². The summed E-state index contributed by atoms with van der Waals surface area (Å²) in [6.45, 7) is 0. The minimum Gasteiger partial charge on any atom is -0.285 e. The maximum absolute atomic E-state index is 11.4. The summed E-state index contributed by atoms with van der Waals surface area (Å²) in [4.78, 5) is 24.1. The van der Waals surface area contributed by atoms with E-state index in [4.69, 9.17) is 0 Å². The van der Waals surface area contributed by atoms with E-state index in [1.807, 2.05) is 12.2 Å². The van der Waals surface area contributed by atoms with Crippen LogP contribution >= 0.6 is 0 Å². The molecule has 1 saturated heterocycles. The van der Waals surface area contributed by atoms with Gasteiger partial charge in [0.15, 0.2) is 0 Å². The summed E-state index contributed by atoms with van der Waals surface area (Å²) in [5, 5.41) is 0. The number of rotatable bonds is 0. The average molecular weight is 165 g/mol. The highest BCUT2D eigenvalue weighted by Gasteiger charge is 2.45. The molecule has 1 aliphatic carbocycles. The zero-order valence-electron chi connectivity index (χ0n) is 6.99. The standard InChI is InChI=1S/C9H11NO2/c1-10-8(11)6-4-2-3-5-7(6)9(10)12/h2-3,6-7H,4-5H2,1H3/t6-,7-/m0/s1. The van der Waals surface area contributed by atoms with Crippen LogP contribution in [0.3, 0.4) is 0 Å². The molecule has 0 bridgehead atoms. The lowest BCUT2D eigenvalue weighted by Gasteiger charge is -2.14. The summed E-state index contributed by atoms with van der Waals surface area (Å²) >= 11 is 0. The number of likely N-dealkylation sites (tertiary alicyclic amines) is 1. The molecule has 1 aliphatic heterocycles. The Morgan fingerprint density at radius 1 is 1.17 bits per heavy atom. The van der Waals surface area contributed by atoms with Gasteiger partial charge in [-0.3, -0.25) is 14.5 Å². The summed E-state index contributed by atoms with van der Waals surface area (Å²) in [6, 6.07) is 0. The quantitative estimate of drug-likeness (QED) is 0.388. The fraction of sp³-hybridized carbons (Fsp3) is 0.556. The number of hydrogen-bond donors (Lipinski definition) is 0. The van der Waals surface area contributed by atoms with E-state index in [0.717, 1.165) is 12.8 Å². The zero-order valence-corrected chi connectivity index (χ0v) is 6.99. The van der Waals surface area contributed by atoms with Gasteiger partial charge < -0.3 is 0 Å². The molecule has 0 radical (unpaired) electrons. The number of amides is 2. The van der Waals surface area contributed by atoms with Crippen molar-refractivity contribution in [3.05, 3.63) is 12.2 Å². The lowest BCUT2D eigenvalue weighted by atomic mass is 9.85. The molecule has 2 atom stereocenters. The van der Waals surface area contributed by atoms with Crippen molar-refractivity contribution in [3.63, 3.8) is 0 Å². The Hall–Kier alpha value is -1.12. The minimum atomic E-state index is -0.0625. The molecule has 3 nitrogen and oxygen atoms in total. The van der Waals surface area contributed by atoms with E-state index in [1.165, 1.54) is 4.90 Å². The number of carbonyl (C=O) groups excluding carboxylic acids is 2. The fourth-order valence-electron chi connectivity index (χ4n) is 1.97. The summed E-state index contributed by atoms with van der Waals surface area (Å²) in [7, 11) is 1.57. The van der Waals surface area contributed by atoms with Gasteiger partial charge in [0.2, 0.25) is 11.8 Å². The smallest absolute Gasteiger partial charge is 0.233 e. The van der Waals surface area contributed by atoms with E-state index >= 15 is 0 Å². The normalized spacial score (nSPS) is 34.2. The highest BCUT2D eigenvalue weighted by Crippen LogP contribution is 2.33. The molecule has 0 N–H and O–H groups in total. The predicted molar refractivity (Wildman–Crippen MR) is 43.1 cm³/mol. The summed E-state index contributed by atoms with van der Waals surface area (Å²) < 4.78 is 0. The van der Waals surface area contributed by atoms with Crippen molar-refractivity contribution in [2.45, 2.75) is 12.8 Å². The molecule has 2 amide bonds. The fourth-order valence-corrected chi connectivity index (χ4v) is 1.97. The largest absolute Gasteiger partial charge is 0.285 e. The van der Waals surface area contributed by atoms with Gasteiger partial charge >= 0.3 is 0 Å². The van der Waals surface area contributed by atoms with Crippen LogP contribution in [0.4, 0.5) is 0 Å². The van der Waals surface area contributed by atoms with Crippen molar-refractivity contribution in [2.75, 3.05) is 7.05 Å². The topological polar surface area (TPSA) is 37.4 Å². The molecule has 1 fully saturated rings. The third kappa shape index (κ3) is 0.823. The number of allylic oxidation sites excluding steroid dienone is 2. The number of fused-ring (bicyclic) bond motifs is 1. The second-order valence-electron chi connectivity index (χ2n) is 3.39. The first-order valence-electron chi connectivity index (χ1n) is 4.18. The molecule has 2 rings (SSSR count). The van der Waals surface area contributed by atoms with E-state index in [-0.39, 0.29) is 23.7 Å². The third-order valence-corrected chi connectivity index (χ3v) is 2.73. The molecular weight excluding hydrogens is 154 g/mol. The van der Waals surface area contributed by atoms with Gasteiger partial charge in [-0.1, -0.05) is 12.2 Å². The molecule has 12 heavy (non-hydrogen) atoms. The van der Waals surface area contributed by atoms with E-state index in [1.54, 1.807) is 7.05 Å². The van der Waals surface area contributed by atoms with Gasteiger partial charge in [0.1, 0.15) is 0 Å². The first-order chi connectivity index (χ1) is 5.72. The Morgan fingerprint density at radius 2 is 1.58 bits per heavy atom. The summed E-state index contributed by atoms with van der Waals surface area (Å²) in [5.74, 6) is -0.135. The second-order valence-corrected chi connectivity index (χ2v) is 3.39. The number of imide groups is 1. The molecule has 64 valence electrons. The molecule has 0 unspecified atom stereocenters. The Bertz CT molecular complexity index is 244. The number of nitrogens with zero attached hydrogens (tertiary/aromatic N) is 1. The van der Waals surface area contributed by atoms with Crippen LogP contribution in [0.1, 0.15) is 12.8 Å². The lowest BCUT2D eigenvalue weighted by Crippen LogP contribution is -2.25. The molecule has 0 aromatic heterocycles. The third-order valence-electron chi connectivity index (χ3n) is 2.73. The monoisotopic (exact) mass is 165 g/mol. The van der Waals surface area contributed by atoms with Crippen molar-refractivity contribution in [3.8, 4) is 0 Å². The van der Waals surface area contributed by atoms with Gasteiger partial charge in [0.05, 0.1) is 11.8 Å². The van der Waals surface area contributed by atoms with Gasteiger partial charge in [0.25, 0.3) is 0 Å². The van der Waals surface area contributed by atoms with Gasteiger partial charge in [-0.2, -0.15) is 0 Å². The van der Waals surface area contributed by atoms with E-state index < -0.39 is 0 Å². The Morgan fingerprint density at radius 3 is 2.00 bits per heavy atom. The average Bonchev–Trinajstić information content (AvgIpc) is 2.33. The molecule has 2 aliphatic rings. The Labute approximate surface area is 71.0 Å². The SMILES string of the molecule is CN1C(=O)[C@H]2CC=CC[C@@H]2C1=O. The van der Waals surface area contributed by atoms with Crippen LogP contribution in [-0.2, 0) is 9.59 Å². The zero-order chi connectivity index (χ0) is 8.72. The predicted octanol–water partition coefficient (Wildman–Crippen LogP) is 0.567. The van der Waals surface area contributed by atoms with Crippen molar-refractivity contribution < 1.29 is 9.59 Å². The molecular formula is C9H11NO2. The first-order valence-corrected chi connectivity index (χ1v) is 4.18. The lowest BCUT2D eigenvalue weighted by molar-refractivity contribution is -0.138. The molecule has 3 heteroatoms. The van der Waals surface area contributed by atoms with Crippen LogP contribution < -0.4 is 0 Å². The van der Waals surface area contributed by atoms with Crippen molar-refractivity contribution >= 4 is 11.8 Å². The van der Waals surface area contributed by atoms with Crippen LogP contribution in [0.25, 0.3) is 0 Å². The Balaban J connectivity index is 2.31. The highest BCUT2D eigenvalue weighted by atomic mass is 16.2. The van der Waals surface area contributed by atoms with Gasteiger partial charge in [-0.25, -0.2) is 0 Å². The molecule has 0 saturated carbocycles. The highest BCUT2D eigenvalue weighted by molar-refractivity contribution is 6.05. The molecule has 1 heterocycles. The van der Waals surface area contributed by atoms with Gasteiger partial charge in [-0.05, 0) is 12.8 Å². The van der Waals surface area contributed by atoms with E-state index in [0.29, 0.717) is 0 Å². The van der Waals surface area contributed by atoms with E-state index in [9.17, 15) is 9.59 Å². The second kappa shape index (κ2) is 2.44. The minimum absolute atomic E-state index is 0.00523. The first kappa shape index (κ1) is 7.53. The molecule has 0 spiro atoms. The van der Waals surface area contributed by atoms with Gasteiger partial charge in [-0.15, -0.1) is 0 Å². The number of carbonyl (C=O) groups is 2. The van der Waals surface area contributed by atoms with Crippen LogP contribution in [0.2, 0.25) is 0 Å². The summed E-state index contributed by atoms with van der Waals surface area (Å²) in [5.41, 5.74) is 0. The van der Waals surface area contributed by atoms with E-state index in [2.05, 4.69) is 0 Å². The van der Waals surface area contributed by atoms with Crippen LogP contribution in [0, 0.1) is 11.8 Å². The van der Waals surface area contributed by atoms with Crippen molar-refractivity contribution in [1.29, 1.82) is 0 Å². The Kier molecular flexibility index (Phi) is 1.53. The van der Waals surface area contributed by atoms with Crippen molar-refractivity contribution in [1.82, 2.24) is 4.90 Å². The maximum atomic E-state index is 11.4. The maximum Gasteiger partial charge on any atom is 0.233 e. The molecule has 0 aromatic rings. The van der Waals surface area contributed by atoms with Crippen molar-refractivity contribution in [2.24, 2.45) is 11.8 Å². The number of hydrogen-bond acceptors (Lipinski definition) is 2. The van der Waals surface area contributed by atoms with Gasteiger partial charge in [0, 0.05) is 7.05 Å². The van der Waals surface area contributed by atoms with Crippen LogP contribution in [0.5, 0.6) is 0 Å².